The summed E-state index contributed by atoms with van der Waals surface area (Å²) in [5, 5.41) is 2.94. The van der Waals surface area contributed by atoms with E-state index in [-0.39, 0.29) is 17.4 Å². The molecule has 3 aromatic rings. The summed E-state index contributed by atoms with van der Waals surface area (Å²) in [4.78, 5) is 28.5. The number of nitrogens with one attached hydrogen (secondary N) is 1. The maximum absolute atomic E-state index is 13.2. The summed E-state index contributed by atoms with van der Waals surface area (Å²) in [5.41, 5.74) is 0.352. The minimum Gasteiger partial charge on any atom is -0.495 e. The van der Waals surface area contributed by atoms with Crippen molar-refractivity contribution in [2.24, 2.45) is 0 Å². The Balaban J connectivity index is 1.84. The van der Waals surface area contributed by atoms with Crippen LogP contribution in [-0.4, -0.2) is 22.6 Å². The molecule has 0 bridgehead atoms. The van der Waals surface area contributed by atoms with E-state index in [2.05, 4.69) is 10.3 Å². The number of rotatable bonds is 4. The molecule has 0 spiro atoms. The van der Waals surface area contributed by atoms with Crippen LogP contribution in [0.2, 0.25) is 0 Å². The second kappa shape index (κ2) is 6.49. The third-order valence-corrected chi connectivity index (χ3v) is 3.48. The summed E-state index contributed by atoms with van der Waals surface area (Å²) in [6.45, 7) is -0.211. The van der Waals surface area contributed by atoms with Gasteiger partial charge in [0.2, 0.25) is 5.91 Å². The molecule has 0 aliphatic carbocycles. The lowest BCUT2D eigenvalue weighted by atomic mass is 10.2. The summed E-state index contributed by atoms with van der Waals surface area (Å²) >= 11 is 0. The van der Waals surface area contributed by atoms with Gasteiger partial charge in [0.15, 0.2) is 0 Å². The Hall–Kier alpha value is -3.22. The number of hydrogen-bond acceptors (Lipinski definition) is 4. The van der Waals surface area contributed by atoms with Gasteiger partial charge in [0, 0.05) is 6.07 Å². The molecule has 0 saturated carbocycles. The maximum atomic E-state index is 13.2. The number of hydrogen-bond donors (Lipinski definition) is 1. The van der Waals surface area contributed by atoms with E-state index in [9.17, 15) is 14.0 Å². The smallest absolute Gasteiger partial charge is 0.261 e. The number of para-hydroxylation sites is 2. The molecule has 0 atom stereocenters. The van der Waals surface area contributed by atoms with Gasteiger partial charge >= 0.3 is 0 Å². The van der Waals surface area contributed by atoms with Crippen LogP contribution in [0.15, 0.2) is 53.6 Å². The van der Waals surface area contributed by atoms with Gasteiger partial charge in [0.1, 0.15) is 18.1 Å². The average Bonchev–Trinajstić information content (AvgIpc) is 2.58. The van der Waals surface area contributed by atoms with E-state index >= 15 is 0 Å². The van der Waals surface area contributed by atoms with Crippen LogP contribution in [0.4, 0.5) is 10.1 Å². The van der Waals surface area contributed by atoms with E-state index < -0.39 is 17.3 Å². The largest absolute Gasteiger partial charge is 0.495 e. The number of carbonyl (C=O) groups excluding carboxylic acids is 1. The predicted octanol–water partition coefficient (Wildman–Crippen LogP) is 2.18. The van der Waals surface area contributed by atoms with Crippen molar-refractivity contribution in [3.05, 3.63) is 65.0 Å². The lowest BCUT2D eigenvalue weighted by Crippen LogP contribution is -2.28. The van der Waals surface area contributed by atoms with Gasteiger partial charge in [-0.15, -0.1) is 0 Å². The Labute approximate surface area is 136 Å². The van der Waals surface area contributed by atoms with Crippen LogP contribution in [0.25, 0.3) is 10.9 Å². The lowest BCUT2D eigenvalue weighted by Gasteiger charge is -2.11. The molecule has 0 aliphatic rings. The van der Waals surface area contributed by atoms with Crippen LogP contribution in [0.3, 0.4) is 0 Å². The average molecular weight is 327 g/mol. The Bertz CT molecular complexity index is 969. The van der Waals surface area contributed by atoms with Gasteiger partial charge in [-0.2, -0.15) is 0 Å². The van der Waals surface area contributed by atoms with E-state index in [0.29, 0.717) is 11.4 Å². The van der Waals surface area contributed by atoms with E-state index in [1.165, 1.54) is 36.2 Å². The molecule has 1 heterocycles. The van der Waals surface area contributed by atoms with Crippen molar-refractivity contribution in [3.63, 3.8) is 0 Å². The summed E-state index contributed by atoms with van der Waals surface area (Å²) < 4.78 is 19.5. The van der Waals surface area contributed by atoms with Gasteiger partial charge < -0.3 is 10.1 Å². The number of ether oxygens (including phenoxy) is 1. The van der Waals surface area contributed by atoms with Crippen molar-refractivity contribution in [3.8, 4) is 5.75 Å². The summed E-state index contributed by atoms with van der Waals surface area (Å²) in [6, 6.07) is 10.7. The molecule has 3 rings (SSSR count). The highest BCUT2D eigenvalue weighted by Crippen LogP contribution is 2.22. The number of nitrogens with zero attached hydrogens (tertiary/aromatic N) is 2. The number of carbonyl (C=O) groups is 1. The number of aromatic nitrogens is 2. The first kappa shape index (κ1) is 15.7. The molecular weight excluding hydrogens is 313 g/mol. The minimum atomic E-state index is -0.471. The standard InChI is InChI=1S/C17H14FN3O3/c1-24-15-5-3-2-4-13(15)20-16(22)9-21-10-19-14-8-11(18)6-7-12(14)17(21)23/h2-8,10H,9H2,1H3,(H,20,22). The van der Waals surface area contributed by atoms with Gasteiger partial charge in [-0.25, -0.2) is 9.37 Å². The number of amides is 1. The van der Waals surface area contributed by atoms with Crippen molar-refractivity contribution in [2.45, 2.75) is 6.54 Å². The second-order valence-corrected chi connectivity index (χ2v) is 5.09. The Morgan fingerprint density at radius 2 is 2.08 bits per heavy atom. The summed E-state index contributed by atoms with van der Waals surface area (Å²) in [5.74, 6) is -0.351. The first-order valence-electron chi connectivity index (χ1n) is 7.16. The topological polar surface area (TPSA) is 73.2 Å². The number of anilines is 1. The normalized spacial score (nSPS) is 10.6. The number of benzene rings is 2. The highest BCUT2D eigenvalue weighted by Gasteiger charge is 2.11. The minimum absolute atomic E-state index is 0.211. The molecule has 0 saturated heterocycles. The predicted molar refractivity (Wildman–Crippen MR) is 87.6 cm³/mol. The fraction of sp³-hybridized carbons (Fsp3) is 0.118. The number of methoxy groups -OCH3 is 1. The SMILES string of the molecule is COc1ccccc1NC(=O)Cn1cnc2cc(F)ccc2c1=O. The molecule has 2 aromatic carbocycles. The quantitative estimate of drug-likeness (QED) is 0.797. The third-order valence-electron chi connectivity index (χ3n) is 3.48. The lowest BCUT2D eigenvalue weighted by molar-refractivity contribution is -0.116. The van der Waals surface area contributed by atoms with E-state index in [1.807, 2.05) is 0 Å². The van der Waals surface area contributed by atoms with Crippen LogP contribution in [-0.2, 0) is 11.3 Å². The van der Waals surface area contributed by atoms with Crippen LogP contribution in [0, 0.1) is 5.82 Å². The van der Waals surface area contributed by atoms with Crippen LogP contribution in [0.1, 0.15) is 0 Å². The molecule has 1 N–H and O–H groups in total. The molecule has 6 nitrogen and oxygen atoms in total. The van der Waals surface area contributed by atoms with Gasteiger partial charge in [-0.3, -0.25) is 14.2 Å². The van der Waals surface area contributed by atoms with Crippen molar-refractivity contribution >= 4 is 22.5 Å². The zero-order chi connectivity index (χ0) is 17.1. The van der Waals surface area contributed by atoms with Crippen molar-refractivity contribution < 1.29 is 13.9 Å². The molecule has 1 amide bonds. The maximum Gasteiger partial charge on any atom is 0.261 e. The molecule has 122 valence electrons. The Morgan fingerprint density at radius 3 is 2.88 bits per heavy atom. The van der Waals surface area contributed by atoms with Crippen molar-refractivity contribution in [1.82, 2.24) is 9.55 Å². The van der Waals surface area contributed by atoms with E-state index in [1.54, 1.807) is 24.3 Å². The summed E-state index contributed by atoms with van der Waals surface area (Å²) in [6.07, 6.45) is 1.23. The zero-order valence-corrected chi connectivity index (χ0v) is 12.8. The molecule has 0 radical (unpaired) electrons. The molecule has 0 fully saturated rings. The fourth-order valence-corrected chi connectivity index (χ4v) is 2.34. The molecule has 1 aromatic heterocycles. The van der Waals surface area contributed by atoms with E-state index in [4.69, 9.17) is 4.74 Å². The van der Waals surface area contributed by atoms with E-state index in [0.717, 1.165) is 0 Å². The highest BCUT2D eigenvalue weighted by molar-refractivity contribution is 5.92. The molecule has 0 aliphatic heterocycles. The number of halogens is 1. The first-order chi connectivity index (χ1) is 11.6. The number of fused-ring (bicyclic) bond motifs is 1. The molecule has 0 unspecified atom stereocenters. The van der Waals surface area contributed by atoms with Gasteiger partial charge in [-0.05, 0) is 24.3 Å². The molecule has 7 heteroatoms. The summed E-state index contributed by atoms with van der Waals surface area (Å²) in [7, 11) is 1.50. The van der Waals surface area contributed by atoms with Crippen LogP contribution < -0.4 is 15.6 Å². The fourth-order valence-electron chi connectivity index (χ4n) is 2.34. The third kappa shape index (κ3) is 3.10. The van der Waals surface area contributed by atoms with Crippen molar-refractivity contribution in [1.29, 1.82) is 0 Å². The highest BCUT2D eigenvalue weighted by atomic mass is 19.1. The van der Waals surface area contributed by atoms with Crippen LogP contribution >= 0.6 is 0 Å². The van der Waals surface area contributed by atoms with Gasteiger partial charge in [-0.1, -0.05) is 12.1 Å². The second-order valence-electron chi connectivity index (χ2n) is 5.09. The Kier molecular flexibility index (Phi) is 4.24. The monoisotopic (exact) mass is 327 g/mol. The molecule has 24 heavy (non-hydrogen) atoms. The Morgan fingerprint density at radius 1 is 1.29 bits per heavy atom. The van der Waals surface area contributed by atoms with Crippen molar-refractivity contribution in [2.75, 3.05) is 12.4 Å². The first-order valence-corrected chi connectivity index (χ1v) is 7.16. The zero-order valence-electron chi connectivity index (χ0n) is 12.8. The van der Waals surface area contributed by atoms with Crippen LogP contribution in [0.5, 0.6) is 5.75 Å². The van der Waals surface area contributed by atoms with Gasteiger partial charge in [0.25, 0.3) is 5.56 Å². The molecular formula is C17H14FN3O3. The van der Waals surface area contributed by atoms with Gasteiger partial charge in [0.05, 0.1) is 30.0 Å².